The summed E-state index contributed by atoms with van der Waals surface area (Å²) in [6.07, 6.45) is 0.00679. The second-order valence-electron chi connectivity index (χ2n) is 4.41. The fourth-order valence-corrected chi connectivity index (χ4v) is 2.04. The summed E-state index contributed by atoms with van der Waals surface area (Å²) in [5.74, 6) is -1.98. The summed E-state index contributed by atoms with van der Waals surface area (Å²) in [5.41, 5.74) is 5.85. The number of hydrogen-bond donors (Lipinski definition) is 1. The zero-order valence-corrected chi connectivity index (χ0v) is 10.9. The maximum Gasteiger partial charge on any atom is 0.134 e. The SMILES string of the molecule is COc1cc(F)c(C(N)Cc2ccccc2F)c(F)c1. The van der Waals surface area contributed by atoms with Crippen LogP contribution in [-0.4, -0.2) is 7.11 Å². The first-order valence-corrected chi connectivity index (χ1v) is 6.05. The van der Waals surface area contributed by atoms with Crippen molar-refractivity contribution in [2.45, 2.75) is 12.5 Å². The van der Waals surface area contributed by atoms with E-state index in [9.17, 15) is 13.2 Å². The molecule has 0 amide bonds. The number of ether oxygens (including phenoxy) is 1. The van der Waals surface area contributed by atoms with Gasteiger partial charge in [-0.25, -0.2) is 13.2 Å². The van der Waals surface area contributed by atoms with Crippen LogP contribution in [-0.2, 0) is 6.42 Å². The van der Waals surface area contributed by atoms with E-state index in [0.29, 0.717) is 5.56 Å². The fraction of sp³-hybridized carbons (Fsp3) is 0.200. The van der Waals surface area contributed by atoms with E-state index in [-0.39, 0.29) is 17.7 Å². The Balaban J connectivity index is 2.30. The summed E-state index contributed by atoms with van der Waals surface area (Å²) in [5, 5.41) is 0. The van der Waals surface area contributed by atoms with Gasteiger partial charge < -0.3 is 10.5 Å². The van der Waals surface area contributed by atoms with Crippen LogP contribution in [0.1, 0.15) is 17.2 Å². The highest BCUT2D eigenvalue weighted by molar-refractivity contribution is 5.33. The molecule has 2 aromatic carbocycles. The number of nitrogens with two attached hydrogens (primary N) is 1. The molecule has 0 aliphatic carbocycles. The Labute approximate surface area is 115 Å². The number of halogens is 3. The first-order chi connectivity index (χ1) is 9.52. The third-order valence-electron chi connectivity index (χ3n) is 3.06. The Morgan fingerprint density at radius 1 is 1.05 bits per heavy atom. The average Bonchev–Trinajstić information content (AvgIpc) is 2.40. The Hall–Kier alpha value is -2.01. The predicted molar refractivity (Wildman–Crippen MR) is 69.9 cm³/mol. The largest absolute Gasteiger partial charge is 0.497 e. The zero-order chi connectivity index (χ0) is 14.7. The molecule has 0 fully saturated rings. The van der Waals surface area contributed by atoms with Crippen molar-refractivity contribution in [1.29, 1.82) is 0 Å². The van der Waals surface area contributed by atoms with Gasteiger partial charge in [0.25, 0.3) is 0 Å². The van der Waals surface area contributed by atoms with Gasteiger partial charge in [-0.15, -0.1) is 0 Å². The van der Waals surface area contributed by atoms with Crippen LogP contribution >= 0.6 is 0 Å². The van der Waals surface area contributed by atoms with E-state index in [4.69, 9.17) is 10.5 Å². The zero-order valence-electron chi connectivity index (χ0n) is 10.9. The van der Waals surface area contributed by atoms with Gasteiger partial charge in [0, 0.05) is 23.7 Å². The highest BCUT2D eigenvalue weighted by Crippen LogP contribution is 2.27. The Morgan fingerprint density at radius 3 is 2.20 bits per heavy atom. The van der Waals surface area contributed by atoms with Gasteiger partial charge in [0.15, 0.2) is 0 Å². The number of benzene rings is 2. The monoisotopic (exact) mass is 281 g/mol. The molecule has 0 aliphatic heterocycles. The van der Waals surface area contributed by atoms with E-state index in [0.717, 1.165) is 12.1 Å². The molecule has 5 heteroatoms. The summed E-state index contributed by atoms with van der Waals surface area (Å²) >= 11 is 0. The Bertz CT molecular complexity index is 593. The van der Waals surface area contributed by atoms with Gasteiger partial charge >= 0.3 is 0 Å². The van der Waals surface area contributed by atoms with Crippen LogP contribution in [0.2, 0.25) is 0 Å². The predicted octanol–water partition coefficient (Wildman–Crippen LogP) is 3.36. The van der Waals surface area contributed by atoms with Gasteiger partial charge in [0.2, 0.25) is 0 Å². The lowest BCUT2D eigenvalue weighted by molar-refractivity contribution is 0.403. The van der Waals surface area contributed by atoms with Crippen molar-refractivity contribution >= 4 is 0 Å². The maximum atomic E-state index is 13.9. The van der Waals surface area contributed by atoms with Crippen molar-refractivity contribution in [3.8, 4) is 5.75 Å². The lowest BCUT2D eigenvalue weighted by Crippen LogP contribution is -2.17. The van der Waals surface area contributed by atoms with Crippen LogP contribution in [0.25, 0.3) is 0 Å². The molecule has 0 aliphatic rings. The van der Waals surface area contributed by atoms with Crippen LogP contribution in [0.15, 0.2) is 36.4 Å². The average molecular weight is 281 g/mol. The topological polar surface area (TPSA) is 35.2 Å². The molecule has 2 aromatic rings. The fourth-order valence-electron chi connectivity index (χ4n) is 2.04. The smallest absolute Gasteiger partial charge is 0.134 e. The molecule has 20 heavy (non-hydrogen) atoms. The van der Waals surface area contributed by atoms with Crippen molar-refractivity contribution in [1.82, 2.24) is 0 Å². The van der Waals surface area contributed by atoms with Gasteiger partial charge in [0.1, 0.15) is 23.2 Å². The van der Waals surface area contributed by atoms with Gasteiger partial charge in [0.05, 0.1) is 7.11 Å². The minimum Gasteiger partial charge on any atom is -0.497 e. The van der Waals surface area contributed by atoms with Crippen molar-refractivity contribution < 1.29 is 17.9 Å². The van der Waals surface area contributed by atoms with Gasteiger partial charge in [-0.2, -0.15) is 0 Å². The van der Waals surface area contributed by atoms with Crippen molar-refractivity contribution in [2.75, 3.05) is 7.11 Å². The Kier molecular flexibility index (Phi) is 4.29. The number of rotatable bonds is 4. The van der Waals surface area contributed by atoms with Crippen LogP contribution in [0, 0.1) is 17.5 Å². The van der Waals surface area contributed by atoms with Crippen molar-refractivity contribution in [2.24, 2.45) is 5.73 Å². The highest BCUT2D eigenvalue weighted by Gasteiger charge is 2.19. The maximum absolute atomic E-state index is 13.9. The second kappa shape index (κ2) is 5.96. The summed E-state index contributed by atoms with van der Waals surface area (Å²) in [6.45, 7) is 0. The minimum atomic E-state index is -0.974. The summed E-state index contributed by atoms with van der Waals surface area (Å²) < 4.78 is 46.0. The van der Waals surface area contributed by atoms with Crippen molar-refractivity contribution in [3.63, 3.8) is 0 Å². The summed E-state index contributed by atoms with van der Waals surface area (Å²) in [4.78, 5) is 0. The van der Waals surface area contributed by atoms with Gasteiger partial charge in [-0.05, 0) is 18.1 Å². The van der Waals surface area contributed by atoms with Gasteiger partial charge in [-0.1, -0.05) is 18.2 Å². The first kappa shape index (κ1) is 14.4. The molecule has 0 bridgehead atoms. The first-order valence-electron chi connectivity index (χ1n) is 6.05. The molecule has 0 spiro atoms. The molecule has 106 valence electrons. The van der Waals surface area contributed by atoms with E-state index in [2.05, 4.69) is 0 Å². The third kappa shape index (κ3) is 2.93. The molecule has 1 unspecified atom stereocenters. The minimum absolute atomic E-state index is 0.00679. The summed E-state index contributed by atoms with van der Waals surface area (Å²) in [7, 11) is 1.31. The van der Waals surface area contributed by atoms with Crippen LogP contribution < -0.4 is 10.5 Å². The number of hydrogen-bond acceptors (Lipinski definition) is 2. The molecule has 0 saturated carbocycles. The molecule has 0 radical (unpaired) electrons. The van der Waals surface area contributed by atoms with Crippen molar-refractivity contribution in [3.05, 3.63) is 65.0 Å². The number of methoxy groups -OCH3 is 1. The van der Waals surface area contributed by atoms with Crippen LogP contribution in [0.4, 0.5) is 13.2 Å². The molecular formula is C15H14F3NO. The lowest BCUT2D eigenvalue weighted by Gasteiger charge is -2.15. The molecule has 2 rings (SSSR count). The van der Waals surface area contributed by atoms with E-state index in [1.165, 1.54) is 19.2 Å². The van der Waals surface area contributed by atoms with E-state index < -0.39 is 23.5 Å². The van der Waals surface area contributed by atoms with Gasteiger partial charge in [-0.3, -0.25) is 0 Å². The molecule has 2 nitrogen and oxygen atoms in total. The second-order valence-corrected chi connectivity index (χ2v) is 4.41. The van der Waals surface area contributed by atoms with Crippen LogP contribution in [0.5, 0.6) is 5.75 Å². The van der Waals surface area contributed by atoms with Crippen LogP contribution in [0.3, 0.4) is 0 Å². The third-order valence-corrected chi connectivity index (χ3v) is 3.06. The normalized spacial score (nSPS) is 12.2. The van der Waals surface area contributed by atoms with E-state index >= 15 is 0 Å². The molecule has 0 saturated heterocycles. The Morgan fingerprint density at radius 2 is 1.65 bits per heavy atom. The molecular weight excluding hydrogens is 267 g/mol. The molecule has 1 atom stereocenters. The molecule has 0 heterocycles. The van der Waals surface area contributed by atoms with E-state index in [1.54, 1.807) is 12.1 Å². The lowest BCUT2D eigenvalue weighted by atomic mass is 9.98. The summed E-state index contributed by atoms with van der Waals surface area (Å²) in [6, 6.07) is 7.14. The standard InChI is InChI=1S/C15H14F3NO/c1-20-10-7-12(17)15(13(18)8-10)14(19)6-9-4-2-3-5-11(9)16/h2-5,7-8,14H,6,19H2,1H3. The quantitative estimate of drug-likeness (QED) is 0.932. The molecule has 2 N–H and O–H groups in total. The van der Waals surface area contributed by atoms with E-state index in [1.807, 2.05) is 0 Å². The highest BCUT2D eigenvalue weighted by atomic mass is 19.1. The molecule has 0 aromatic heterocycles.